The molecule has 0 radical (unpaired) electrons. The lowest BCUT2D eigenvalue weighted by Gasteiger charge is -2.26. The summed E-state index contributed by atoms with van der Waals surface area (Å²) in [7, 11) is 0. The summed E-state index contributed by atoms with van der Waals surface area (Å²) in [6.07, 6.45) is 3.10. The number of hydrogen-bond donors (Lipinski definition) is 2. The second-order valence-electron chi connectivity index (χ2n) is 6.19. The number of hydrogen-bond acceptors (Lipinski definition) is 8. The van der Waals surface area contributed by atoms with Crippen LogP contribution >= 0.6 is 0 Å². The number of nitrogens with zero attached hydrogens (tertiary/aromatic N) is 5. The van der Waals surface area contributed by atoms with Crippen LogP contribution in [0.15, 0.2) is 30.7 Å². The van der Waals surface area contributed by atoms with Crippen molar-refractivity contribution in [3.05, 3.63) is 41.9 Å². The molecule has 1 saturated heterocycles. The van der Waals surface area contributed by atoms with Gasteiger partial charge in [0.15, 0.2) is 5.82 Å². The Balaban J connectivity index is 1.73. The summed E-state index contributed by atoms with van der Waals surface area (Å²) in [5.41, 5.74) is 2.94. The standard InChI is InChI=1S/C18H18N6O3/c1-11-2-3-12(17(25)26)8-13(11)22-16-15-14(20-10-21-16)9-19-18(23-15)24-4-6-27-7-5-24/h2-3,8-10H,4-7H2,1H3,(H,25,26)(H,20,21,22). The molecular weight excluding hydrogens is 348 g/mol. The van der Waals surface area contributed by atoms with E-state index in [-0.39, 0.29) is 5.56 Å². The SMILES string of the molecule is Cc1ccc(C(=O)O)cc1Nc1ncnc2cnc(N3CCOCC3)nc12. The van der Waals surface area contributed by atoms with Crippen molar-refractivity contribution in [2.75, 3.05) is 36.5 Å². The number of rotatable bonds is 4. The molecule has 9 nitrogen and oxygen atoms in total. The monoisotopic (exact) mass is 366 g/mol. The number of ether oxygens (including phenoxy) is 1. The van der Waals surface area contributed by atoms with Crippen LogP contribution in [0, 0.1) is 6.92 Å². The minimum Gasteiger partial charge on any atom is -0.478 e. The first-order valence-corrected chi connectivity index (χ1v) is 8.53. The maximum atomic E-state index is 11.3. The van der Waals surface area contributed by atoms with Crippen molar-refractivity contribution in [3.63, 3.8) is 0 Å². The lowest BCUT2D eigenvalue weighted by atomic mass is 10.1. The molecule has 0 saturated carbocycles. The number of carboxylic acid groups (broad SMARTS) is 1. The summed E-state index contributed by atoms with van der Waals surface area (Å²) in [4.78, 5) is 30.9. The van der Waals surface area contributed by atoms with Crippen LogP contribution in [0.1, 0.15) is 15.9 Å². The number of carboxylic acids is 1. The summed E-state index contributed by atoms with van der Waals surface area (Å²) >= 11 is 0. The average molecular weight is 366 g/mol. The van der Waals surface area contributed by atoms with Crippen LogP contribution in [0.3, 0.4) is 0 Å². The van der Waals surface area contributed by atoms with E-state index in [2.05, 4.69) is 30.2 Å². The molecule has 0 spiro atoms. The van der Waals surface area contributed by atoms with Crippen molar-refractivity contribution in [3.8, 4) is 0 Å². The van der Waals surface area contributed by atoms with Gasteiger partial charge in [-0.05, 0) is 24.6 Å². The second kappa shape index (κ2) is 7.12. The number of morpholine rings is 1. The average Bonchev–Trinajstić information content (AvgIpc) is 2.70. The van der Waals surface area contributed by atoms with E-state index >= 15 is 0 Å². The van der Waals surface area contributed by atoms with Crippen LogP contribution < -0.4 is 10.2 Å². The van der Waals surface area contributed by atoms with E-state index in [1.807, 2.05) is 6.92 Å². The second-order valence-corrected chi connectivity index (χ2v) is 6.19. The van der Waals surface area contributed by atoms with E-state index in [4.69, 9.17) is 4.74 Å². The summed E-state index contributed by atoms with van der Waals surface area (Å²) in [6.45, 7) is 4.62. The van der Waals surface area contributed by atoms with E-state index in [0.717, 1.165) is 18.7 Å². The molecule has 1 aromatic carbocycles. The molecule has 3 heterocycles. The molecule has 0 aliphatic carbocycles. The summed E-state index contributed by atoms with van der Waals surface area (Å²) in [6, 6.07) is 4.90. The van der Waals surface area contributed by atoms with Crippen LogP contribution in [0.2, 0.25) is 0 Å². The molecule has 1 fully saturated rings. The molecule has 1 aliphatic heterocycles. The Kier molecular flexibility index (Phi) is 4.51. The summed E-state index contributed by atoms with van der Waals surface area (Å²) in [5, 5.41) is 12.4. The van der Waals surface area contributed by atoms with Crippen LogP contribution in [-0.2, 0) is 4.74 Å². The van der Waals surface area contributed by atoms with Crippen molar-refractivity contribution in [1.82, 2.24) is 19.9 Å². The number of aromatic nitrogens is 4. The van der Waals surface area contributed by atoms with Crippen molar-refractivity contribution in [2.24, 2.45) is 0 Å². The molecular formula is C18H18N6O3. The number of nitrogens with one attached hydrogen (secondary N) is 1. The predicted molar refractivity (Wildman–Crippen MR) is 99.6 cm³/mol. The van der Waals surface area contributed by atoms with Crippen molar-refractivity contribution < 1.29 is 14.6 Å². The Labute approximate surface area is 155 Å². The fourth-order valence-electron chi connectivity index (χ4n) is 2.87. The minimum atomic E-state index is -0.984. The number of benzene rings is 1. The number of carbonyl (C=O) groups is 1. The van der Waals surface area contributed by atoms with Gasteiger partial charge in [0.25, 0.3) is 0 Å². The molecule has 2 N–H and O–H groups in total. The zero-order valence-corrected chi connectivity index (χ0v) is 14.7. The van der Waals surface area contributed by atoms with Crippen LogP contribution in [-0.4, -0.2) is 57.3 Å². The molecule has 0 atom stereocenters. The summed E-state index contributed by atoms with van der Waals surface area (Å²) in [5.74, 6) is 0.115. The van der Waals surface area contributed by atoms with Gasteiger partial charge in [-0.25, -0.2) is 24.7 Å². The maximum Gasteiger partial charge on any atom is 0.335 e. The van der Waals surface area contributed by atoms with E-state index in [1.54, 1.807) is 24.4 Å². The topological polar surface area (TPSA) is 113 Å². The van der Waals surface area contributed by atoms with Crippen molar-refractivity contribution in [1.29, 1.82) is 0 Å². The molecule has 0 amide bonds. The first kappa shape index (κ1) is 17.1. The maximum absolute atomic E-state index is 11.3. The molecule has 138 valence electrons. The number of fused-ring (bicyclic) bond motifs is 1. The fourth-order valence-corrected chi connectivity index (χ4v) is 2.87. The smallest absolute Gasteiger partial charge is 0.335 e. The molecule has 3 aromatic rings. The zero-order valence-electron chi connectivity index (χ0n) is 14.7. The minimum absolute atomic E-state index is 0.199. The molecule has 27 heavy (non-hydrogen) atoms. The Morgan fingerprint density at radius 2 is 2.04 bits per heavy atom. The summed E-state index contributed by atoms with van der Waals surface area (Å²) < 4.78 is 5.37. The quantitative estimate of drug-likeness (QED) is 0.715. The normalized spacial score (nSPS) is 14.3. The van der Waals surface area contributed by atoms with E-state index in [9.17, 15) is 9.90 Å². The first-order chi connectivity index (χ1) is 13.1. The highest BCUT2D eigenvalue weighted by atomic mass is 16.5. The van der Waals surface area contributed by atoms with Gasteiger partial charge in [-0.15, -0.1) is 0 Å². The van der Waals surface area contributed by atoms with Crippen LogP contribution in [0.25, 0.3) is 11.0 Å². The first-order valence-electron chi connectivity index (χ1n) is 8.53. The van der Waals surface area contributed by atoms with Crippen LogP contribution in [0.5, 0.6) is 0 Å². The molecule has 0 bridgehead atoms. The molecule has 0 unspecified atom stereocenters. The highest BCUT2D eigenvalue weighted by Crippen LogP contribution is 2.25. The van der Waals surface area contributed by atoms with Gasteiger partial charge in [0.1, 0.15) is 17.4 Å². The largest absolute Gasteiger partial charge is 0.478 e. The van der Waals surface area contributed by atoms with Gasteiger partial charge in [0, 0.05) is 18.8 Å². The number of aromatic carboxylic acids is 1. The predicted octanol–water partition coefficient (Wildman–Crippen LogP) is 2.01. The van der Waals surface area contributed by atoms with Gasteiger partial charge in [-0.2, -0.15) is 0 Å². The van der Waals surface area contributed by atoms with Gasteiger partial charge < -0.3 is 20.1 Å². The van der Waals surface area contributed by atoms with Crippen molar-refractivity contribution in [2.45, 2.75) is 6.92 Å². The van der Waals surface area contributed by atoms with E-state index in [1.165, 1.54) is 6.33 Å². The van der Waals surface area contributed by atoms with Gasteiger partial charge >= 0.3 is 5.97 Å². The molecule has 9 heteroatoms. The Morgan fingerprint density at radius 3 is 2.81 bits per heavy atom. The van der Waals surface area contributed by atoms with E-state index < -0.39 is 5.97 Å². The van der Waals surface area contributed by atoms with Gasteiger partial charge in [0.05, 0.1) is 25.0 Å². The zero-order chi connectivity index (χ0) is 18.8. The number of aryl methyl sites for hydroxylation is 1. The lowest BCUT2D eigenvalue weighted by Crippen LogP contribution is -2.37. The Hall–Kier alpha value is -3.33. The number of anilines is 3. The molecule has 2 aromatic heterocycles. The highest BCUT2D eigenvalue weighted by Gasteiger charge is 2.16. The highest BCUT2D eigenvalue weighted by molar-refractivity contribution is 5.91. The Bertz CT molecular complexity index is 1000. The molecule has 1 aliphatic rings. The van der Waals surface area contributed by atoms with Crippen LogP contribution in [0.4, 0.5) is 17.5 Å². The van der Waals surface area contributed by atoms with E-state index in [0.29, 0.717) is 41.7 Å². The van der Waals surface area contributed by atoms with Gasteiger partial charge in [0.2, 0.25) is 5.95 Å². The van der Waals surface area contributed by atoms with Gasteiger partial charge in [-0.3, -0.25) is 0 Å². The Morgan fingerprint density at radius 1 is 1.22 bits per heavy atom. The fraction of sp³-hybridized carbons (Fsp3) is 0.278. The third-order valence-corrected chi connectivity index (χ3v) is 4.40. The van der Waals surface area contributed by atoms with Gasteiger partial charge in [-0.1, -0.05) is 6.07 Å². The molecule has 4 rings (SSSR count). The lowest BCUT2D eigenvalue weighted by molar-refractivity contribution is 0.0697. The third-order valence-electron chi connectivity index (χ3n) is 4.40. The third kappa shape index (κ3) is 3.49. The van der Waals surface area contributed by atoms with Crippen molar-refractivity contribution >= 4 is 34.5 Å².